The molecule has 0 aliphatic carbocycles. The predicted molar refractivity (Wildman–Crippen MR) is 96.3 cm³/mol. The summed E-state index contributed by atoms with van der Waals surface area (Å²) in [5, 5.41) is 3.06. The number of ether oxygens (including phenoxy) is 1. The van der Waals surface area contributed by atoms with Crippen molar-refractivity contribution < 1.29 is 14.3 Å². The molecule has 1 aromatic rings. The first-order chi connectivity index (χ1) is 12.2. The van der Waals surface area contributed by atoms with E-state index in [1.54, 1.807) is 12.0 Å². The number of carbonyl (C=O) groups is 2. The number of anilines is 1. The summed E-state index contributed by atoms with van der Waals surface area (Å²) in [7, 11) is 1.72. The van der Waals surface area contributed by atoms with Gasteiger partial charge in [-0.3, -0.25) is 9.59 Å². The lowest BCUT2D eigenvalue weighted by molar-refractivity contribution is -0.126. The van der Waals surface area contributed by atoms with Crippen molar-refractivity contribution in [3.8, 4) is 0 Å². The number of nitrogens with zero attached hydrogens (tertiary/aromatic N) is 2. The average Bonchev–Trinajstić information content (AvgIpc) is 3.25. The van der Waals surface area contributed by atoms with E-state index >= 15 is 0 Å². The molecule has 0 spiro atoms. The van der Waals surface area contributed by atoms with Gasteiger partial charge in [0.05, 0.1) is 12.5 Å². The first-order valence-electron chi connectivity index (χ1n) is 9.02. The van der Waals surface area contributed by atoms with Gasteiger partial charge >= 0.3 is 0 Å². The molecule has 0 radical (unpaired) electrons. The van der Waals surface area contributed by atoms with Crippen LogP contribution in [0.5, 0.6) is 0 Å². The van der Waals surface area contributed by atoms with Gasteiger partial charge in [-0.05, 0) is 31.0 Å². The van der Waals surface area contributed by atoms with E-state index in [1.807, 2.05) is 30.3 Å². The summed E-state index contributed by atoms with van der Waals surface area (Å²) < 4.78 is 5.11. The molecule has 2 atom stereocenters. The second-order valence-electron chi connectivity index (χ2n) is 6.93. The molecular weight excluding hydrogens is 318 g/mol. The summed E-state index contributed by atoms with van der Waals surface area (Å²) in [6.07, 6.45) is 1.40. The van der Waals surface area contributed by atoms with Crippen molar-refractivity contribution in [3.05, 3.63) is 30.3 Å². The number of hydrogen-bond acceptors (Lipinski definition) is 4. The highest BCUT2D eigenvalue weighted by Gasteiger charge is 2.35. The fourth-order valence-corrected chi connectivity index (χ4v) is 3.63. The van der Waals surface area contributed by atoms with Crippen molar-refractivity contribution in [2.24, 2.45) is 11.8 Å². The van der Waals surface area contributed by atoms with Crippen LogP contribution in [0.1, 0.15) is 12.8 Å². The van der Waals surface area contributed by atoms with Crippen LogP contribution in [0.3, 0.4) is 0 Å². The molecule has 0 bridgehead atoms. The Kier molecular flexibility index (Phi) is 6.04. The zero-order valence-electron chi connectivity index (χ0n) is 14.8. The van der Waals surface area contributed by atoms with E-state index in [0.29, 0.717) is 25.4 Å². The Hall–Kier alpha value is -1.92. The van der Waals surface area contributed by atoms with Crippen LogP contribution < -0.4 is 10.2 Å². The summed E-state index contributed by atoms with van der Waals surface area (Å²) in [6.45, 7) is 4.93. The molecule has 136 valence electrons. The monoisotopic (exact) mass is 345 g/mol. The predicted octanol–water partition coefficient (Wildman–Crippen LogP) is 1.12. The fraction of sp³-hybridized carbons (Fsp3) is 0.579. The average molecular weight is 345 g/mol. The van der Waals surface area contributed by atoms with Gasteiger partial charge < -0.3 is 19.9 Å². The molecule has 0 saturated carbocycles. The summed E-state index contributed by atoms with van der Waals surface area (Å²) in [6, 6.07) is 9.55. The molecule has 6 nitrogen and oxygen atoms in total. The Morgan fingerprint density at radius 3 is 2.84 bits per heavy atom. The number of carbonyl (C=O) groups excluding carboxylic acids is 2. The van der Waals surface area contributed by atoms with Gasteiger partial charge in [0.2, 0.25) is 11.8 Å². The first-order valence-corrected chi connectivity index (χ1v) is 9.02. The minimum Gasteiger partial charge on any atom is -0.383 e. The molecule has 2 heterocycles. The van der Waals surface area contributed by atoms with Crippen LogP contribution in [-0.4, -0.2) is 63.2 Å². The van der Waals surface area contributed by atoms with Crippen molar-refractivity contribution >= 4 is 17.5 Å². The van der Waals surface area contributed by atoms with Crippen molar-refractivity contribution in [2.75, 3.05) is 51.3 Å². The van der Waals surface area contributed by atoms with Crippen LogP contribution in [0.15, 0.2) is 30.3 Å². The Morgan fingerprint density at radius 1 is 1.28 bits per heavy atom. The third-order valence-electron chi connectivity index (χ3n) is 5.11. The topological polar surface area (TPSA) is 61.9 Å². The minimum absolute atomic E-state index is 0.00197. The number of benzene rings is 1. The van der Waals surface area contributed by atoms with Crippen LogP contribution in [-0.2, 0) is 14.3 Å². The van der Waals surface area contributed by atoms with E-state index in [9.17, 15) is 9.59 Å². The van der Waals surface area contributed by atoms with E-state index < -0.39 is 0 Å². The lowest BCUT2D eigenvalue weighted by Gasteiger charge is -2.18. The molecule has 6 heteroatoms. The number of methoxy groups -OCH3 is 1. The van der Waals surface area contributed by atoms with Gasteiger partial charge in [-0.15, -0.1) is 0 Å². The molecule has 2 fully saturated rings. The SMILES string of the molecule is COCCN1CCC(CNC(=O)C2CC(=O)N(c3ccccc3)C2)C1. The van der Waals surface area contributed by atoms with Crippen molar-refractivity contribution in [3.63, 3.8) is 0 Å². The van der Waals surface area contributed by atoms with E-state index in [1.165, 1.54) is 0 Å². The van der Waals surface area contributed by atoms with Gasteiger partial charge in [-0.2, -0.15) is 0 Å². The van der Waals surface area contributed by atoms with Crippen molar-refractivity contribution in [1.82, 2.24) is 10.2 Å². The standard InChI is InChI=1S/C19H27N3O3/c1-25-10-9-21-8-7-15(13-21)12-20-19(24)16-11-18(23)22(14-16)17-5-3-2-4-6-17/h2-6,15-16H,7-14H2,1H3,(H,20,24). The lowest BCUT2D eigenvalue weighted by atomic mass is 10.1. The summed E-state index contributed by atoms with van der Waals surface area (Å²) in [5.74, 6) is 0.266. The maximum atomic E-state index is 12.5. The number of nitrogens with one attached hydrogen (secondary N) is 1. The Labute approximate surface area is 149 Å². The third-order valence-corrected chi connectivity index (χ3v) is 5.11. The molecule has 2 amide bonds. The molecule has 0 aromatic heterocycles. The van der Waals surface area contributed by atoms with Crippen LogP contribution in [0.4, 0.5) is 5.69 Å². The second kappa shape index (κ2) is 8.45. The zero-order chi connectivity index (χ0) is 17.6. The van der Waals surface area contributed by atoms with E-state index in [0.717, 1.165) is 38.3 Å². The highest BCUT2D eigenvalue weighted by molar-refractivity contribution is 6.00. The Bertz CT molecular complexity index is 593. The minimum atomic E-state index is -0.251. The largest absolute Gasteiger partial charge is 0.383 e. The van der Waals surface area contributed by atoms with Gasteiger partial charge in [0.25, 0.3) is 0 Å². The van der Waals surface area contributed by atoms with Gasteiger partial charge in [0, 0.05) is 45.4 Å². The summed E-state index contributed by atoms with van der Waals surface area (Å²) >= 11 is 0. The molecule has 2 saturated heterocycles. The van der Waals surface area contributed by atoms with E-state index in [2.05, 4.69) is 10.2 Å². The maximum absolute atomic E-state index is 12.5. The smallest absolute Gasteiger partial charge is 0.227 e. The van der Waals surface area contributed by atoms with Gasteiger partial charge in [0.1, 0.15) is 0 Å². The lowest BCUT2D eigenvalue weighted by Crippen LogP contribution is -2.36. The highest BCUT2D eigenvalue weighted by Crippen LogP contribution is 2.25. The van der Waals surface area contributed by atoms with Gasteiger partial charge in [-0.1, -0.05) is 18.2 Å². The van der Waals surface area contributed by atoms with E-state index in [4.69, 9.17) is 4.74 Å². The van der Waals surface area contributed by atoms with Crippen LogP contribution >= 0.6 is 0 Å². The molecule has 2 unspecified atom stereocenters. The zero-order valence-corrected chi connectivity index (χ0v) is 14.8. The Balaban J connectivity index is 1.44. The van der Waals surface area contributed by atoms with Gasteiger partial charge in [-0.25, -0.2) is 0 Å². The fourth-order valence-electron chi connectivity index (χ4n) is 3.63. The normalized spacial score (nSPS) is 24.0. The second-order valence-corrected chi connectivity index (χ2v) is 6.93. The van der Waals surface area contributed by atoms with E-state index in [-0.39, 0.29) is 17.7 Å². The van der Waals surface area contributed by atoms with Crippen LogP contribution in [0, 0.1) is 11.8 Å². The highest BCUT2D eigenvalue weighted by atomic mass is 16.5. The summed E-state index contributed by atoms with van der Waals surface area (Å²) in [4.78, 5) is 28.8. The molecule has 25 heavy (non-hydrogen) atoms. The van der Waals surface area contributed by atoms with Crippen molar-refractivity contribution in [1.29, 1.82) is 0 Å². The molecule has 2 aliphatic heterocycles. The van der Waals surface area contributed by atoms with Gasteiger partial charge in [0.15, 0.2) is 0 Å². The number of rotatable bonds is 7. The van der Waals surface area contributed by atoms with Crippen LogP contribution in [0.2, 0.25) is 0 Å². The number of hydrogen-bond donors (Lipinski definition) is 1. The first kappa shape index (κ1) is 17.9. The molecule has 1 aromatic carbocycles. The molecule has 3 rings (SSSR count). The molecule has 1 N–H and O–H groups in total. The third kappa shape index (κ3) is 4.58. The van der Waals surface area contributed by atoms with Crippen LogP contribution in [0.25, 0.3) is 0 Å². The number of para-hydroxylation sites is 1. The molecular formula is C19H27N3O3. The summed E-state index contributed by atoms with van der Waals surface area (Å²) in [5.41, 5.74) is 0.868. The maximum Gasteiger partial charge on any atom is 0.227 e. The number of amides is 2. The quantitative estimate of drug-likeness (QED) is 0.805. The Morgan fingerprint density at radius 2 is 2.08 bits per heavy atom. The molecule has 2 aliphatic rings. The van der Waals surface area contributed by atoms with Crippen molar-refractivity contribution in [2.45, 2.75) is 12.8 Å². The number of likely N-dealkylation sites (tertiary alicyclic amines) is 1.